The molecule has 0 aromatic carbocycles. The van der Waals surface area contributed by atoms with E-state index in [0.717, 1.165) is 0 Å². The standard InChI is InChI=1S/C6H11NO2.C2H6/c1-3-6(9)7-4-5(2)8;1-2/h3-4H2,1-2H3,(H,7,9);1-2H3. The van der Waals surface area contributed by atoms with Crippen molar-refractivity contribution >= 4 is 11.7 Å². The monoisotopic (exact) mass is 159 g/mol. The molecule has 0 radical (unpaired) electrons. The van der Waals surface area contributed by atoms with E-state index in [-0.39, 0.29) is 18.2 Å². The molecule has 0 aromatic rings. The predicted octanol–water partition coefficient (Wildman–Crippen LogP) is 1.13. The number of hydrogen-bond acceptors (Lipinski definition) is 2. The van der Waals surface area contributed by atoms with E-state index < -0.39 is 0 Å². The van der Waals surface area contributed by atoms with Crippen molar-refractivity contribution in [2.45, 2.75) is 34.1 Å². The molecule has 1 N–H and O–H groups in total. The summed E-state index contributed by atoms with van der Waals surface area (Å²) in [6, 6.07) is 0. The number of ketones is 1. The summed E-state index contributed by atoms with van der Waals surface area (Å²) in [5.74, 6) is -0.0954. The third-order valence-corrected chi connectivity index (χ3v) is 0.856. The van der Waals surface area contributed by atoms with Crippen LogP contribution in [0.1, 0.15) is 34.1 Å². The maximum atomic E-state index is 10.5. The third kappa shape index (κ3) is 12.4. The molecule has 1 amide bonds. The lowest BCUT2D eigenvalue weighted by molar-refractivity contribution is -0.124. The Labute approximate surface area is 68.2 Å². The van der Waals surface area contributed by atoms with Crippen molar-refractivity contribution in [3.63, 3.8) is 0 Å². The molecule has 0 rings (SSSR count). The van der Waals surface area contributed by atoms with Crippen LogP contribution >= 0.6 is 0 Å². The number of amides is 1. The van der Waals surface area contributed by atoms with Gasteiger partial charge in [0.05, 0.1) is 6.54 Å². The van der Waals surface area contributed by atoms with Gasteiger partial charge in [-0.05, 0) is 6.92 Å². The van der Waals surface area contributed by atoms with Gasteiger partial charge in [0, 0.05) is 6.42 Å². The Morgan fingerprint density at radius 3 is 2.00 bits per heavy atom. The van der Waals surface area contributed by atoms with Gasteiger partial charge in [-0.3, -0.25) is 9.59 Å². The first-order valence-corrected chi connectivity index (χ1v) is 3.93. The second-order valence-electron chi connectivity index (χ2n) is 1.83. The van der Waals surface area contributed by atoms with Gasteiger partial charge in [-0.1, -0.05) is 20.8 Å². The van der Waals surface area contributed by atoms with E-state index in [0.29, 0.717) is 6.42 Å². The van der Waals surface area contributed by atoms with Crippen LogP contribution in [0, 0.1) is 0 Å². The van der Waals surface area contributed by atoms with Gasteiger partial charge in [0.15, 0.2) is 0 Å². The first kappa shape index (κ1) is 12.8. The second kappa shape index (κ2) is 9.14. The highest BCUT2D eigenvalue weighted by Crippen LogP contribution is 1.73. The molecular formula is C8H17NO2. The molecule has 0 aliphatic rings. The average molecular weight is 159 g/mol. The largest absolute Gasteiger partial charge is 0.349 e. The molecular weight excluding hydrogens is 142 g/mol. The second-order valence-corrected chi connectivity index (χ2v) is 1.83. The highest BCUT2D eigenvalue weighted by Gasteiger charge is 1.96. The Kier molecular flexibility index (Phi) is 10.6. The summed E-state index contributed by atoms with van der Waals surface area (Å²) in [5.41, 5.74) is 0. The van der Waals surface area contributed by atoms with Gasteiger partial charge < -0.3 is 5.32 Å². The number of Topliss-reactive ketones (excluding diaryl/α,β-unsaturated/α-hetero) is 1. The molecule has 0 spiro atoms. The van der Waals surface area contributed by atoms with E-state index in [1.807, 2.05) is 13.8 Å². The van der Waals surface area contributed by atoms with Crippen LogP contribution in [0.5, 0.6) is 0 Å². The number of rotatable bonds is 3. The van der Waals surface area contributed by atoms with E-state index in [1.54, 1.807) is 6.92 Å². The van der Waals surface area contributed by atoms with Gasteiger partial charge in [0.1, 0.15) is 5.78 Å². The summed E-state index contributed by atoms with van der Waals surface area (Å²) < 4.78 is 0. The van der Waals surface area contributed by atoms with Gasteiger partial charge in [0.2, 0.25) is 5.91 Å². The van der Waals surface area contributed by atoms with Crippen LogP contribution in [0.2, 0.25) is 0 Å². The van der Waals surface area contributed by atoms with E-state index in [2.05, 4.69) is 5.32 Å². The molecule has 0 atom stereocenters. The van der Waals surface area contributed by atoms with Crippen molar-refractivity contribution in [2.75, 3.05) is 6.54 Å². The zero-order chi connectivity index (χ0) is 9.28. The first-order valence-electron chi connectivity index (χ1n) is 3.93. The Morgan fingerprint density at radius 2 is 1.73 bits per heavy atom. The maximum Gasteiger partial charge on any atom is 0.220 e. The van der Waals surface area contributed by atoms with Crippen LogP contribution in [0.4, 0.5) is 0 Å². The third-order valence-electron chi connectivity index (χ3n) is 0.856. The molecule has 0 saturated carbocycles. The lowest BCUT2D eigenvalue weighted by Crippen LogP contribution is -2.27. The Morgan fingerprint density at radius 1 is 1.27 bits per heavy atom. The molecule has 0 aliphatic carbocycles. The number of hydrogen-bond donors (Lipinski definition) is 1. The number of carbonyl (C=O) groups is 2. The number of carbonyl (C=O) groups excluding carboxylic acids is 2. The molecule has 66 valence electrons. The van der Waals surface area contributed by atoms with Crippen molar-refractivity contribution in [1.82, 2.24) is 5.32 Å². The fourth-order valence-corrected chi connectivity index (χ4v) is 0.348. The van der Waals surface area contributed by atoms with Crippen LogP contribution in [-0.2, 0) is 9.59 Å². The Bertz CT molecular complexity index is 121. The van der Waals surface area contributed by atoms with E-state index in [1.165, 1.54) is 6.92 Å². The predicted molar refractivity (Wildman–Crippen MR) is 45.3 cm³/mol. The minimum atomic E-state index is -0.0785. The molecule has 3 heteroatoms. The Hall–Kier alpha value is -0.860. The van der Waals surface area contributed by atoms with Crippen molar-refractivity contribution < 1.29 is 9.59 Å². The van der Waals surface area contributed by atoms with Crippen LogP contribution < -0.4 is 5.32 Å². The minimum Gasteiger partial charge on any atom is -0.349 e. The van der Waals surface area contributed by atoms with Gasteiger partial charge in [-0.25, -0.2) is 0 Å². The van der Waals surface area contributed by atoms with E-state index >= 15 is 0 Å². The molecule has 0 aliphatic heterocycles. The summed E-state index contributed by atoms with van der Waals surface area (Å²) in [6.45, 7) is 7.35. The highest BCUT2D eigenvalue weighted by atomic mass is 16.2. The quantitative estimate of drug-likeness (QED) is 0.671. The SMILES string of the molecule is CC.CCC(=O)NCC(C)=O. The smallest absolute Gasteiger partial charge is 0.220 e. The van der Waals surface area contributed by atoms with Crippen molar-refractivity contribution in [2.24, 2.45) is 0 Å². The van der Waals surface area contributed by atoms with Gasteiger partial charge in [-0.2, -0.15) is 0 Å². The summed E-state index contributed by atoms with van der Waals surface area (Å²) >= 11 is 0. The first-order chi connectivity index (χ1) is 5.16. The highest BCUT2D eigenvalue weighted by molar-refractivity contribution is 5.84. The fraction of sp³-hybridized carbons (Fsp3) is 0.750. The van der Waals surface area contributed by atoms with Crippen molar-refractivity contribution in [3.8, 4) is 0 Å². The molecule has 0 heterocycles. The molecule has 0 bridgehead atoms. The van der Waals surface area contributed by atoms with Crippen LogP contribution in [0.25, 0.3) is 0 Å². The normalized spacial score (nSPS) is 7.64. The average Bonchev–Trinajstić information content (AvgIpc) is 2.04. The van der Waals surface area contributed by atoms with Gasteiger partial charge in [-0.15, -0.1) is 0 Å². The maximum absolute atomic E-state index is 10.5. The minimum absolute atomic E-state index is 0.0169. The van der Waals surface area contributed by atoms with Gasteiger partial charge in [0.25, 0.3) is 0 Å². The molecule has 0 fully saturated rings. The van der Waals surface area contributed by atoms with E-state index in [9.17, 15) is 9.59 Å². The summed E-state index contributed by atoms with van der Waals surface area (Å²) in [5, 5.41) is 2.44. The lowest BCUT2D eigenvalue weighted by Gasteiger charge is -1.96. The summed E-state index contributed by atoms with van der Waals surface area (Å²) in [4.78, 5) is 20.7. The lowest BCUT2D eigenvalue weighted by atomic mass is 10.4. The summed E-state index contributed by atoms with van der Waals surface area (Å²) in [7, 11) is 0. The number of nitrogens with one attached hydrogen (secondary N) is 1. The van der Waals surface area contributed by atoms with Gasteiger partial charge >= 0.3 is 0 Å². The molecule has 3 nitrogen and oxygen atoms in total. The van der Waals surface area contributed by atoms with Crippen LogP contribution in [0.3, 0.4) is 0 Å². The van der Waals surface area contributed by atoms with Crippen LogP contribution in [-0.4, -0.2) is 18.2 Å². The zero-order valence-electron chi connectivity index (χ0n) is 7.73. The molecule has 0 aromatic heterocycles. The zero-order valence-corrected chi connectivity index (χ0v) is 7.73. The fourth-order valence-electron chi connectivity index (χ4n) is 0.348. The Balaban J connectivity index is 0. The van der Waals surface area contributed by atoms with E-state index in [4.69, 9.17) is 0 Å². The molecule has 0 saturated heterocycles. The molecule has 11 heavy (non-hydrogen) atoms. The van der Waals surface area contributed by atoms with Crippen LogP contribution in [0.15, 0.2) is 0 Å². The summed E-state index contributed by atoms with van der Waals surface area (Å²) in [6.07, 6.45) is 0.438. The topological polar surface area (TPSA) is 46.2 Å². The van der Waals surface area contributed by atoms with Crippen molar-refractivity contribution in [3.05, 3.63) is 0 Å². The van der Waals surface area contributed by atoms with Crippen molar-refractivity contribution in [1.29, 1.82) is 0 Å². The molecule has 0 unspecified atom stereocenters.